The highest BCUT2D eigenvalue weighted by Crippen LogP contribution is 1.96. The number of rotatable bonds is 0. The first kappa shape index (κ1) is 4.98. The molecule has 0 bridgehead atoms. The van der Waals surface area contributed by atoms with Crippen LogP contribution < -0.4 is 0 Å². The Bertz CT molecular complexity index is 12.8. The second-order valence-corrected chi connectivity index (χ2v) is 2.61. The zero-order valence-electron chi connectivity index (χ0n) is 1.78. The van der Waals surface area contributed by atoms with Crippen molar-refractivity contribution in [1.29, 1.82) is 0 Å². The monoisotopic (exact) mass is 192 g/mol. The molecule has 0 fully saturated rings. The standard InChI is InChI=1S/CH2ClIO/c2-1(3)4/h1,4H. The topological polar surface area (TPSA) is 20.2 Å². The van der Waals surface area contributed by atoms with Crippen molar-refractivity contribution in [3.8, 4) is 0 Å². The smallest absolute Gasteiger partial charge is 0.179 e. The largest absolute Gasteiger partial charge is 0.369 e. The number of hydrogen-bond acceptors (Lipinski definition) is 1. The molecule has 0 spiro atoms. The first-order valence-electron chi connectivity index (χ1n) is 0.695. The summed E-state index contributed by atoms with van der Waals surface area (Å²) in [5.41, 5.74) is 0. The Kier molecular flexibility index (Phi) is 2.78. The molecule has 0 aliphatic carbocycles. The Balaban J connectivity index is 2.32. The first-order chi connectivity index (χ1) is 1.73. The molecule has 1 unspecified atom stereocenters. The lowest BCUT2D eigenvalue weighted by Gasteiger charge is -1.74. The second kappa shape index (κ2) is 2.23. The molecule has 0 radical (unpaired) electrons. The number of aliphatic hydroxyl groups excluding tert-OH is 1. The number of hydrogen-bond donors (Lipinski definition) is 1. The maximum Gasteiger partial charge on any atom is 0.179 e. The summed E-state index contributed by atoms with van der Waals surface area (Å²) < 4.78 is -0.724. The summed E-state index contributed by atoms with van der Waals surface area (Å²) in [5, 5.41) is 7.81. The summed E-state index contributed by atoms with van der Waals surface area (Å²) in [7, 11) is 0. The van der Waals surface area contributed by atoms with Gasteiger partial charge in [-0.3, -0.25) is 0 Å². The molecule has 0 aromatic heterocycles. The summed E-state index contributed by atoms with van der Waals surface area (Å²) in [5.74, 6) is 0. The molecule has 0 rings (SSSR count). The minimum absolute atomic E-state index is 0.724. The zero-order chi connectivity index (χ0) is 3.58. The van der Waals surface area contributed by atoms with Gasteiger partial charge in [0.15, 0.2) is 3.57 Å². The summed E-state index contributed by atoms with van der Waals surface area (Å²) in [6, 6.07) is 0. The van der Waals surface area contributed by atoms with E-state index in [0.717, 1.165) is 0 Å². The fourth-order valence-corrected chi connectivity index (χ4v) is 0. The summed E-state index contributed by atoms with van der Waals surface area (Å²) in [4.78, 5) is 0. The minimum atomic E-state index is -0.724. The maximum absolute atomic E-state index is 7.81. The highest BCUT2D eigenvalue weighted by molar-refractivity contribution is 14.1. The van der Waals surface area contributed by atoms with Crippen molar-refractivity contribution in [1.82, 2.24) is 0 Å². The van der Waals surface area contributed by atoms with Gasteiger partial charge in [-0.25, -0.2) is 0 Å². The van der Waals surface area contributed by atoms with Crippen LogP contribution in [-0.2, 0) is 0 Å². The van der Waals surface area contributed by atoms with Crippen molar-refractivity contribution in [2.24, 2.45) is 0 Å². The molecule has 3 heteroatoms. The van der Waals surface area contributed by atoms with Crippen LogP contribution in [0.5, 0.6) is 0 Å². The van der Waals surface area contributed by atoms with Crippen molar-refractivity contribution >= 4 is 34.2 Å². The van der Waals surface area contributed by atoms with E-state index in [2.05, 4.69) is 0 Å². The lowest BCUT2D eigenvalue weighted by Crippen LogP contribution is -1.71. The van der Waals surface area contributed by atoms with Crippen molar-refractivity contribution < 1.29 is 5.11 Å². The van der Waals surface area contributed by atoms with E-state index in [4.69, 9.17) is 16.7 Å². The third-order valence-electron chi connectivity index (χ3n) is 0. The molecule has 0 aromatic rings. The molecule has 0 amide bonds. The van der Waals surface area contributed by atoms with Gasteiger partial charge < -0.3 is 5.11 Å². The van der Waals surface area contributed by atoms with Crippen LogP contribution in [0, 0.1) is 0 Å². The summed E-state index contributed by atoms with van der Waals surface area (Å²) in [6.45, 7) is 0. The van der Waals surface area contributed by atoms with Gasteiger partial charge in [-0.15, -0.1) is 0 Å². The van der Waals surface area contributed by atoms with Crippen LogP contribution in [0.3, 0.4) is 0 Å². The van der Waals surface area contributed by atoms with E-state index in [0.29, 0.717) is 0 Å². The average Bonchev–Trinajstić information content (AvgIpc) is 0.811. The van der Waals surface area contributed by atoms with Gasteiger partial charge in [0.2, 0.25) is 0 Å². The van der Waals surface area contributed by atoms with Crippen LogP contribution >= 0.6 is 34.2 Å². The lowest BCUT2D eigenvalue weighted by molar-refractivity contribution is 0.353. The molecule has 0 saturated heterocycles. The molecule has 1 nitrogen and oxygen atoms in total. The molecule has 26 valence electrons. The molecule has 0 heterocycles. The van der Waals surface area contributed by atoms with Crippen molar-refractivity contribution in [2.45, 2.75) is 3.57 Å². The average molecular weight is 192 g/mol. The number of alkyl halides is 2. The van der Waals surface area contributed by atoms with Crippen molar-refractivity contribution in [3.05, 3.63) is 0 Å². The van der Waals surface area contributed by atoms with Crippen LogP contribution in [0.1, 0.15) is 0 Å². The predicted molar refractivity (Wildman–Crippen MR) is 25.9 cm³/mol. The summed E-state index contributed by atoms with van der Waals surface area (Å²) in [6.07, 6.45) is 0. The van der Waals surface area contributed by atoms with Gasteiger partial charge in [-0.2, -0.15) is 0 Å². The van der Waals surface area contributed by atoms with E-state index in [1.54, 1.807) is 22.6 Å². The Morgan fingerprint density at radius 1 is 2.00 bits per heavy atom. The van der Waals surface area contributed by atoms with Crippen LogP contribution in [0.15, 0.2) is 0 Å². The van der Waals surface area contributed by atoms with Crippen molar-refractivity contribution in [2.75, 3.05) is 0 Å². The van der Waals surface area contributed by atoms with Gasteiger partial charge in [0.25, 0.3) is 0 Å². The molecule has 4 heavy (non-hydrogen) atoms. The Morgan fingerprint density at radius 2 is 2.00 bits per heavy atom. The van der Waals surface area contributed by atoms with Crippen LogP contribution in [0.4, 0.5) is 0 Å². The third-order valence-corrected chi connectivity index (χ3v) is 0. The predicted octanol–water partition coefficient (Wildman–Crippen LogP) is 0.936. The van der Waals surface area contributed by atoms with Gasteiger partial charge in [0, 0.05) is 0 Å². The molecular formula is CH2ClIO. The molecule has 0 aliphatic heterocycles. The molecule has 1 atom stereocenters. The molecule has 0 saturated carbocycles. The molecule has 0 aromatic carbocycles. The molecular weight excluding hydrogens is 190 g/mol. The van der Waals surface area contributed by atoms with E-state index in [-0.39, 0.29) is 0 Å². The second-order valence-electron chi connectivity index (χ2n) is 0.278. The number of aliphatic hydroxyl groups is 1. The van der Waals surface area contributed by atoms with E-state index in [1.165, 1.54) is 0 Å². The van der Waals surface area contributed by atoms with Gasteiger partial charge >= 0.3 is 0 Å². The fourth-order valence-electron chi connectivity index (χ4n) is 0. The Morgan fingerprint density at radius 3 is 2.00 bits per heavy atom. The quantitative estimate of drug-likeness (QED) is 0.447. The van der Waals surface area contributed by atoms with Crippen LogP contribution in [-0.4, -0.2) is 8.68 Å². The van der Waals surface area contributed by atoms with Crippen LogP contribution in [0.25, 0.3) is 0 Å². The van der Waals surface area contributed by atoms with E-state index in [9.17, 15) is 0 Å². The maximum atomic E-state index is 7.81. The van der Waals surface area contributed by atoms with E-state index < -0.39 is 3.57 Å². The minimum Gasteiger partial charge on any atom is -0.369 e. The lowest BCUT2D eigenvalue weighted by atomic mass is 11.7. The Hall–Kier alpha value is 0.980. The Labute approximate surface area is 43.1 Å². The van der Waals surface area contributed by atoms with Crippen molar-refractivity contribution in [3.63, 3.8) is 0 Å². The molecule has 0 aliphatic rings. The highest BCUT2D eigenvalue weighted by Gasteiger charge is 1.76. The van der Waals surface area contributed by atoms with Gasteiger partial charge in [0.05, 0.1) is 0 Å². The van der Waals surface area contributed by atoms with E-state index in [1.807, 2.05) is 0 Å². The van der Waals surface area contributed by atoms with Gasteiger partial charge in [-0.1, -0.05) is 11.6 Å². The molecule has 1 N–H and O–H groups in total. The zero-order valence-corrected chi connectivity index (χ0v) is 4.69. The number of halogens is 2. The SMILES string of the molecule is OC(Cl)I. The first-order valence-corrected chi connectivity index (χ1v) is 2.38. The third kappa shape index (κ3) is 12.2. The van der Waals surface area contributed by atoms with Gasteiger partial charge in [-0.05, 0) is 22.6 Å². The summed E-state index contributed by atoms with van der Waals surface area (Å²) >= 11 is 6.48. The van der Waals surface area contributed by atoms with Crippen LogP contribution in [0.2, 0.25) is 0 Å². The highest BCUT2D eigenvalue weighted by atomic mass is 127. The van der Waals surface area contributed by atoms with E-state index >= 15 is 0 Å². The fraction of sp³-hybridized carbons (Fsp3) is 1.00. The van der Waals surface area contributed by atoms with Gasteiger partial charge in [0.1, 0.15) is 0 Å². The normalized spacial score (nSPS) is 15.8.